The number of carbonyl (C=O) groups is 2. The van der Waals surface area contributed by atoms with Crippen molar-refractivity contribution in [3.63, 3.8) is 0 Å². The van der Waals surface area contributed by atoms with Gasteiger partial charge in [0.1, 0.15) is 12.3 Å². The monoisotopic (exact) mass is 491 g/mol. The van der Waals surface area contributed by atoms with Crippen LogP contribution in [0.25, 0.3) is 16.7 Å². The SMILES string of the molecule is CCCn1c(=O)c2ccc(C(=O)NCC(C)C)cc2n2c(=O)n(CC(=O)c3ccc(OC)cc3)nc12. The van der Waals surface area contributed by atoms with E-state index in [2.05, 4.69) is 10.4 Å². The zero-order valence-electron chi connectivity index (χ0n) is 20.8. The van der Waals surface area contributed by atoms with E-state index in [0.717, 1.165) is 4.68 Å². The lowest BCUT2D eigenvalue weighted by molar-refractivity contribution is 0.0946. The van der Waals surface area contributed by atoms with Crippen molar-refractivity contribution in [2.75, 3.05) is 13.7 Å². The van der Waals surface area contributed by atoms with Gasteiger partial charge in [0.2, 0.25) is 5.78 Å². The molecule has 0 atom stereocenters. The highest BCUT2D eigenvalue weighted by atomic mass is 16.5. The highest BCUT2D eigenvalue weighted by Crippen LogP contribution is 2.16. The third-order valence-corrected chi connectivity index (χ3v) is 5.86. The van der Waals surface area contributed by atoms with E-state index in [-0.39, 0.29) is 41.0 Å². The number of Topliss-reactive ketones (excluding diaryl/α,β-unsaturated/α-hetero) is 1. The summed E-state index contributed by atoms with van der Waals surface area (Å²) >= 11 is 0. The van der Waals surface area contributed by atoms with Crippen LogP contribution < -0.4 is 21.3 Å². The van der Waals surface area contributed by atoms with Crippen LogP contribution in [-0.4, -0.2) is 44.1 Å². The Kier molecular flexibility index (Phi) is 7.05. The molecule has 2 heterocycles. The van der Waals surface area contributed by atoms with Crippen molar-refractivity contribution in [3.8, 4) is 5.75 Å². The molecule has 0 aliphatic rings. The number of carbonyl (C=O) groups excluding carboxylic acids is 2. The minimum Gasteiger partial charge on any atom is -0.497 e. The van der Waals surface area contributed by atoms with Gasteiger partial charge in [0.05, 0.1) is 18.0 Å². The second-order valence-corrected chi connectivity index (χ2v) is 9.02. The fourth-order valence-electron chi connectivity index (χ4n) is 3.99. The molecule has 0 aliphatic heterocycles. The van der Waals surface area contributed by atoms with Gasteiger partial charge in [0.25, 0.3) is 11.5 Å². The molecular formula is C26H29N5O5. The summed E-state index contributed by atoms with van der Waals surface area (Å²) < 4.78 is 8.90. The van der Waals surface area contributed by atoms with Crippen LogP contribution in [0.4, 0.5) is 0 Å². The number of fused-ring (bicyclic) bond motifs is 3. The van der Waals surface area contributed by atoms with E-state index in [0.29, 0.717) is 41.8 Å². The Morgan fingerprint density at radius 1 is 1.06 bits per heavy atom. The first kappa shape index (κ1) is 24.9. The third kappa shape index (κ3) is 4.66. The normalized spacial score (nSPS) is 11.4. The van der Waals surface area contributed by atoms with Gasteiger partial charge in [-0.3, -0.25) is 19.0 Å². The molecule has 0 bridgehead atoms. The van der Waals surface area contributed by atoms with Crippen molar-refractivity contribution < 1.29 is 14.3 Å². The summed E-state index contributed by atoms with van der Waals surface area (Å²) in [5.41, 5.74) is 0.118. The van der Waals surface area contributed by atoms with Crippen LogP contribution in [0.1, 0.15) is 47.9 Å². The predicted molar refractivity (Wildman–Crippen MR) is 136 cm³/mol. The van der Waals surface area contributed by atoms with Gasteiger partial charge in [0.15, 0.2) is 5.78 Å². The zero-order valence-corrected chi connectivity index (χ0v) is 20.8. The maximum absolute atomic E-state index is 13.4. The Hall–Kier alpha value is -4.21. The quantitative estimate of drug-likeness (QED) is 0.360. The van der Waals surface area contributed by atoms with Crippen molar-refractivity contribution in [3.05, 3.63) is 74.4 Å². The van der Waals surface area contributed by atoms with Gasteiger partial charge in [0, 0.05) is 24.2 Å². The van der Waals surface area contributed by atoms with E-state index in [1.807, 2.05) is 20.8 Å². The molecule has 1 N–H and O–H groups in total. The van der Waals surface area contributed by atoms with Crippen molar-refractivity contribution in [1.82, 2.24) is 24.1 Å². The molecule has 10 heteroatoms. The number of methoxy groups -OCH3 is 1. The van der Waals surface area contributed by atoms with E-state index < -0.39 is 5.69 Å². The summed E-state index contributed by atoms with van der Waals surface area (Å²) in [4.78, 5) is 52.3. The second-order valence-electron chi connectivity index (χ2n) is 9.02. The molecule has 0 radical (unpaired) electrons. The van der Waals surface area contributed by atoms with Gasteiger partial charge in [-0.2, -0.15) is 0 Å². The maximum Gasteiger partial charge on any atom is 0.352 e. The lowest BCUT2D eigenvalue weighted by Gasteiger charge is -2.11. The fraction of sp³-hybridized carbons (Fsp3) is 0.346. The molecule has 0 fully saturated rings. The van der Waals surface area contributed by atoms with Crippen LogP contribution >= 0.6 is 0 Å². The summed E-state index contributed by atoms with van der Waals surface area (Å²) in [5.74, 6) is 0.394. The molecule has 4 aromatic rings. The van der Waals surface area contributed by atoms with Crippen molar-refractivity contribution >= 4 is 28.4 Å². The molecule has 0 saturated carbocycles. The molecule has 10 nitrogen and oxygen atoms in total. The molecule has 0 saturated heterocycles. The Labute approximate surface area is 207 Å². The Morgan fingerprint density at radius 3 is 2.39 bits per heavy atom. The van der Waals surface area contributed by atoms with Gasteiger partial charge < -0.3 is 10.1 Å². The third-order valence-electron chi connectivity index (χ3n) is 5.86. The van der Waals surface area contributed by atoms with Crippen molar-refractivity contribution in [1.29, 1.82) is 0 Å². The second kappa shape index (κ2) is 10.2. The number of amides is 1. The molecule has 36 heavy (non-hydrogen) atoms. The van der Waals surface area contributed by atoms with E-state index in [1.54, 1.807) is 36.4 Å². The molecule has 2 aromatic heterocycles. The van der Waals surface area contributed by atoms with Crippen LogP contribution in [0.3, 0.4) is 0 Å². The van der Waals surface area contributed by atoms with E-state index in [4.69, 9.17) is 4.74 Å². The minimum atomic E-state index is -0.568. The van der Waals surface area contributed by atoms with E-state index in [1.165, 1.54) is 22.1 Å². The first-order chi connectivity index (χ1) is 17.2. The lowest BCUT2D eigenvalue weighted by Crippen LogP contribution is -2.29. The largest absolute Gasteiger partial charge is 0.497 e. The molecule has 4 rings (SSSR count). The molecular weight excluding hydrogens is 462 g/mol. The number of hydrogen-bond donors (Lipinski definition) is 1. The molecule has 0 unspecified atom stereocenters. The van der Waals surface area contributed by atoms with Crippen LogP contribution in [0.5, 0.6) is 5.75 Å². The van der Waals surface area contributed by atoms with Gasteiger partial charge >= 0.3 is 5.69 Å². The first-order valence-electron chi connectivity index (χ1n) is 11.9. The number of ether oxygens (including phenoxy) is 1. The van der Waals surface area contributed by atoms with E-state index in [9.17, 15) is 19.2 Å². The van der Waals surface area contributed by atoms with E-state index >= 15 is 0 Å². The van der Waals surface area contributed by atoms with Crippen molar-refractivity contribution in [2.45, 2.75) is 40.3 Å². The summed E-state index contributed by atoms with van der Waals surface area (Å²) in [6.45, 7) is 6.43. The molecule has 188 valence electrons. The van der Waals surface area contributed by atoms with Crippen molar-refractivity contribution in [2.24, 2.45) is 5.92 Å². The number of ketones is 1. The molecule has 2 aromatic carbocycles. The standard InChI is InChI=1S/C26H29N5O5/c1-5-12-29-24(34)20-11-8-18(23(33)27-14-16(2)3)13-21(20)31-25(29)28-30(26(31)35)15-22(32)17-6-9-19(36-4)10-7-17/h6-11,13,16H,5,12,14-15H2,1-4H3,(H,27,33). The maximum atomic E-state index is 13.4. The summed E-state index contributed by atoms with van der Waals surface area (Å²) in [6, 6.07) is 11.2. The predicted octanol–water partition coefficient (Wildman–Crippen LogP) is 2.50. The van der Waals surface area contributed by atoms with Crippen LogP contribution in [0.2, 0.25) is 0 Å². The molecule has 0 aliphatic carbocycles. The Morgan fingerprint density at radius 2 is 1.75 bits per heavy atom. The smallest absolute Gasteiger partial charge is 0.352 e. The number of aromatic nitrogens is 4. The summed E-state index contributed by atoms with van der Waals surface area (Å²) in [7, 11) is 1.53. The minimum absolute atomic E-state index is 0.126. The van der Waals surface area contributed by atoms with Crippen LogP contribution in [0, 0.1) is 5.92 Å². The topological polar surface area (TPSA) is 117 Å². The number of hydrogen-bond acceptors (Lipinski definition) is 6. The zero-order chi connectivity index (χ0) is 26.0. The number of nitrogens with one attached hydrogen (secondary N) is 1. The highest BCUT2D eigenvalue weighted by molar-refractivity contribution is 5.98. The number of benzene rings is 2. The van der Waals surface area contributed by atoms with Crippen LogP contribution in [-0.2, 0) is 13.1 Å². The number of nitrogens with zero attached hydrogens (tertiary/aromatic N) is 4. The van der Waals surface area contributed by atoms with Gasteiger partial charge in [-0.05, 0) is 54.8 Å². The summed E-state index contributed by atoms with van der Waals surface area (Å²) in [6.07, 6.45) is 0.641. The molecule has 1 amide bonds. The first-order valence-corrected chi connectivity index (χ1v) is 11.9. The fourth-order valence-corrected chi connectivity index (χ4v) is 3.99. The Balaban J connectivity index is 1.84. The average molecular weight is 492 g/mol. The lowest BCUT2D eigenvalue weighted by atomic mass is 10.1. The number of rotatable bonds is 9. The Bertz CT molecular complexity index is 1560. The van der Waals surface area contributed by atoms with Crippen LogP contribution in [0.15, 0.2) is 52.1 Å². The summed E-state index contributed by atoms with van der Waals surface area (Å²) in [5, 5.41) is 7.50. The molecule has 0 spiro atoms. The van der Waals surface area contributed by atoms with Gasteiger partial charge in [-0.15, -0.1) is 5.10 Å². The van der Waals surface area contributed by atoms with Gasteiger partial charge in [-0.25, -0.2) is 13.9 Å². The number of aryl methyl sites for hydroxylation is 1. The highest BCUT2D eigenvalue weighted by Gasteiger charge is 2.20. The van der Waals surface area contributed by atoms with Gasteiger partial charge in [-0.1, -0.05) is 20.8 Å². The average Bonchev–Trinajstić information content (AvgIpc) is 3.20.